The molecule has 1 rings (SSSR count). The van der Waals surface area contributed by atoms with Gasteiger partial charge in [0.1, 0.15) is 0 Å². The van der Waals surface area contributed by atoms with Gasteiger partial charge in [0, 0.05) is 19.8 Å². The molecule has 0 heterocycles. The molecule has 0 aromatic heterocycles. The number of rotatable bonds is 8. The van der Waals surface area contributed by atoms with Gasteiger partial charge in [0.2, 0.25) is 0 Å². The third-order valence-electron chi connectivity index (χ3n) is 2.48. The molecule has 1 aromatic rings. The Morgan fingerprint density at radius 3 is 2.82 bits per heavy atom. The van der Waals surface area contributed by atoms with Gasteiger partial charge in [0.15, 0.2) is 0 Å². The lowest BCUT2D eigenvalue weighted by Crippen LogP contribution is -2.07. The normalized spacial score (nSPS) is 10.5. The minimum absolute atomic E-state index is 0.592. The predicted molar refractivity (Wildman–Crippen MR) is 74.7 cm³/mol. The lowest BCUT2D eigenvalue weighted by atomic mass is 10.2. The van der Waals surface area contributed by atoms with Crippen LogP contribution in [0.4, 0.5) is 11.4 Å². The second kappa shape index (κ2) is 8.20. The van der Waals surface area contributed by atoms with E-state index in [2.05, 4.69) is 12.2 Å². The maximum atomic E-state index is 5.92. The Kier molecular flexibility index (Phi) is 6.82. The number of halogens is 1. The lowest BCUT2D eigenvalue weighted by molar-refractivity contribution is 0.131. The molecule has 17 heavy (non-hydrogen) atoms. The molecule has 0 amide bonds. The average molecular weight is 257 g/mol. The summed E-state index contributed by atoms with van der Waals surface area (Å²) in [6, 6.07) is 5.61. The van der Waals surface area contributed by atoms with E-state index in [1.807, 2.05) is 12.1 Å². The second-order valence-electron chi connectivity index (χ2n) is 3.95. The van der Waals surface area contributed by atoms with Crippen molar-refractivity contribution in [3.63, 3.8) is 0 Å². The summed E-state index contributed by atoms with van der Waals surface area (Å²) in [5.74, 6) is 0. The Labute approximate surface area is 108 Å². The summed E-state index contributed by atoms with van der Waals surface area (Å²) in [6.45, 7) is 4.65. The van der Waals surface area contributed by atoms with Gasteiger partial charge in [0.25, 0.3) is 0 Å². The summed E-state index contributed by atoms with van der Waals surface area (Å²) in [6.07, 6.45) is 3.28. The number of nitrogens with two attached hydrogens (primary N) is 1. The number of benzene rings is 1. The van der Waals surface area contributed by atoms with Crippen LogP contribution in [-0.2, 0) is 4.74 Å². The molecule has 4 heteroatoms. The summed E-state index contributed by atoms with van der Waals surface area (Å²) < 4.78 is 5.47. The SMILES string of the molecule is CCCCOCCCNc1cccc(Cl)c1N. The van der Waals surface area contributed by atoms with Crippen LogP contribution in [0.1, 0.15) is 26.2 Å². The van der Waals surface area contributed by atoms with Crippen molar-refractivity contribution in [2.75, 3.05) is 30.8 Å². The Morgan fingerprint density at radius 2 is 2.06 bits per heavy atom. The first-order valence-electron chi connectivity index (χ1n) is 6.11. The third-order valence-corrected chi connectivity index (χ3v) is 2.81. The molecular weight excluding hydrogens is 236 g/mol. The minimum atomic E-state index is 0.592. The summed E-state index contributed by atoms with van der Waals surface area (Å²) in [7, 11) is 0. The van der Waals surface area contributed by atoms with Crippen molar-refractivity contribution in [1.29, 1.82) is 0 Å². The standard InChI is InChI=1S/C13H21ClN2O/c1-2-3-9-17-10-5-8-16-12-7-4-6-11(14)13(12)15/h4,6-7,16H,2-3,5,8-10,15H2,1H3. The Balaban J connectivity index is 2.16. The topological polar surface area (TPSA) is 47.3 Å². The molecule has 0 fully saturated rings. The van der Waals surface area contributed by atoms with E-state index < -0.39 is 0 Å². The van der Waals surface area contributed by atoms with Gasteiger partial charge < -0.3 is 15.8 Å². The molecule has 0 aliphatic rings. The van der Waals surface area contributed by atoms with Gasteiger partial charge >= 0.3 is 0 Å². The monoisotopic (exact) mass is 256 g/mol. The fourth-order valence-electron chi connectivity index (χ4n) is 1.44. The van der Waals surface area contributed by atoms with Crippen LogP contribution in [0, 0.1) is 0 Å². The molecular formula is C13H21ClN2O. The van der Waals surface area contributed by atoms with Crippen LogP contribution in [-0.4, -0.2) is 19.8 Å². The fourth-order valence-corrected chi connectivity index (χ4v) is 1.61. The summed E-state index contributed by atoms with van der Waals surface area (Å²) >= 11 is 5.92. The highest BCUT2D eigenvalue weighted by Gasteiger charge is 2.01. The van der Waals surface area contributed by atoms with Crippen molar-refractivity contribution >= 4 is 23.0 Å². The number of anilines is 2. The molecule has 0 atom stereocenters. The van der Waals surface area contributed by atoms with Gasteiger partial charge in [-0.2, -0.15) is 0 Å². The quantitative estimate of drug-likeness (QED) is 0.552. The molecule has 1 aromatic carbocycles. The molecule has 96 valence electrons. The number of nitrogens with one attached hydrogen (secondary N) is 1. The molecule has 3 nitrogen and oxygen atoms in total. The van der Waals surface area contributed by atoms with E-state index in [9.17, 15) is 0 Å². The molecule has 0 unspecified atom stereocenters. The van der Waals surface area contributed by atoms with Crippen molar-refractivity contribution < 1.29 is 4.74 Å². The van der Waals surface area contributed by atoms with E-state index in [0.717, 1.165) is 38.3 Å². The first kappa shape index (κ1) is 14.1. The van der Waals surface area contributed by atoms with Crippen LogP contribution < -0.4 is 11.1 Å². The highest BCUT2D eigenvalue weighted by atomic mass is 35.5. The number of unbranched alkanes of at least 4 members (excludes halogenated alkanes) is 1. The molecule has 0 bridgehead atoms. The maximum Gasteiger partial charge on any atom is 0.0739 e. The van der Waals surface area contributed by atoms with Gasteiger partial charge in [-0.3, -0.25) is 0 Å². The van der Waals surface area contributed by atoms with Gasteiger partial charge in [-0.25, -0.2) is 0 Å². The van der Waals surface area contributed by atoms with E-state index in [1.165, 1.54) is 6.42 Å². The highest BCUT2D eigenvalue weighted by molar-refractivity contribution is 6.33. The number of hydrogen-bond acceptors (Lipinski definition) is 3. The van der Waals surface area contributed by atoms with E-state index in [1.54, 1.807) is 6.07 Å². The fraction of sp³-hybridized carbons (Fsp3) is 0.538. The minimum Gasteiger partial charge on any atom is -0.396 e. The number of hydrogen-bond donors (Lipinski definition) is 2. The predicted octanol–water partition coefficient (Wildman–Crippen LogP) is 3.54. The smallest absolute Gasteiger partial charge is 0.0739 e. The third kappa shape index (κ3) is 5.29. The Morgan fingerprint density at radius 1 is 1.29 bits per heavy atom. The van der Waals surface area contributed by atoms with E-state index in [-0.39, 0.29) is 0 Å². The zero-order valence-electron chi connectivity index (χ0n) is 10.3. The van der Waals surface area contributed by atoms with Crippen molar-refractivity contribution in [1.82, 2.24) is 0 Å². The van der Waals surface area contributed by atoms with Crippen LogP contribution in [0.3, 0.4) is 0 Å². The van der Waals surface area contributed by atoms with Crippen LogP contribution in [0.5, 0.6) is 0 Å². The van der Waals surface area contributed by atoms with Crippen LogP contribution in [0.25, 0.3) is 0 Å². The molecule has 0 saturated carbocycles. The highest BCUT2D eigenvalue weighted by Crippen LogP contribution is 2.26. The van der Waals surface area contributed by atoms with Crippen molar-refractivity contribution in [2.24, 2.45) is 0 Å². The molecule has 3 N–H and O–H groups in total. The van der Waals surface area contributed by atoms with Gasteiger partial charge in [0.05, 0.1) is 16.4 Å². The summed E-state index contributed by atoms with van der Waals surface area (Å²) in [4.78, 5) is 0. The lowest BCUT2D eigenvalue weighted by Gasteiger charge is -2.10. The van der Waals surface area contributed by atoms with Crippen molar-refractivity contribution in [3.8, 4) is 0 Å². The first-order valence-corrected chi connectivity index (χ1v) is 6.49. The average Bonchev–Trinajstić information content (AvgIpc) is 2.33. The van der Waals surface area contributed by atoms with Crippen LogP contribution in [0.2, 0.25) is 5.02 Å². The zero-order valence-corrected chi connectivity index (χ0v) is 11.1. The summed E-state index contributed by atoms with van der Waals surface area (Å²) in [5.41, 5.74) is 7.34. The second-order valence-corrected chi connectivity index (χ2v) is 4.35. The molecule has 0 aliphatic carbocycles. The molecule has 0 saturated heterocycles. The van der Waals surface area contributed by atoms with Crippen LogP contribution in [0.15, 0.2) is 18.2 Å². The first-order chi connectivity index (χ1) is 8.25. The number of ether oxygens (including phenoxy) is 1. The molecule has 0 spiro atoms. The Bertz CT molecular complexity index is 331. The summed E-state index contributed by atoms with van der Waals surface area (Å²) in [5, 5.41) is 3.85. The van der Waals surface area contributed by atoms with E-state index in [0.29, 0.717) is 10.7 Å². The van der Waals surface area contributed by atoms with Crippen LogP contribution >= 0.6 is 11.6 Å². The molecule has 0 radical (unpaired) electrons. The van der Waals surface area contributed by atoms with E-state index >= 15 is 0 Å². The zero-order chi connectivity index (χ0) is 12.5. The Hall–Kier alpha value is -0.930. The van der Waals surface area contributed by atoms with Gasteiger partial charge in [-0.15, -0.1) is 0 Å². The van der Waals surface area contributed by atoms with Gasteiger partial charge in [-0.1, -0.05) is 31.0 Å². The van der Waals surface area contributed by atoms with Crippen molar-refractivity contribution in [2.45, 2.75) is 26.2 Å². The van der Waals surface area contributed by atoms with Crippen molar-refractivity contribution in [3.05, 3.63) is 23.2 Å². The number of para-hydroxylation sites is 1. The van der Waals surface area contributed by atoms with E-state index in [4.69, 9.17) is 22.1 Å². The maximum absolute atomic E-state index is 5.92. The largest absolute Gasteiger partial charge is 0.396 e. The molecule has 0 aliphatic heterocycles. The van der Waals surface area contributed by atoms with Gasteiger partial charge in [-0.05, 0) is 25.0 Å². The number of nitrogen functional groups attached to an aromatic ring is 1.